The van der Waals surface area contributed by atoms with Gasteiger partial charge in [0.25, 0.3) is 0 Å². The Kier molecular flexibility index (Phi) is 18.8. The van der Waals surface area contributed by atoms with Gasteiger partial charge in [-0.2, -0.15) is 0 Å². The van der Waals surface area contributed by atoms with Crippen molar-refractivity contribution < 1.29 is 63.2 Å². The summed E-state index contributed by atoms with van der Waals surface area (Å²) in [5.74, 6) is -2.82. The molecule has 0 aliphatic carbocycles. The van der Waals surface area contributed by atoms with Gasteiger partial charge >= 0.3 is 12.1 Å². The Hall–Kier alpha value is -2.55. The molecule has 3 fully saturated rings. The van der Waals surface area contributed by atoms with Crippen molar-refractivity contribution >= 4 is 12.1 Å². The van der Waals surface area contributed by atoms with Crippen LogP contribution in [0.25, 0.3) is 0 Å². The van der Waals surface area contributed by atoms with Crippen molar-refractivity contribution in [3.63, 3.8) is 0 Å². The lowest BCUT2D eigenvalue weighted by Gasteiger charge is -2.48. The van der Waals surface area contributed by atoms with Crippen LogP contribution < -0.4 is 5.32 Å². The highest BCUT2D eigenvalue weighted by atomic mass is 16.7. The summed E-state index contributed by atoms with van der Waals surface area (Å²) in [7, 11) is 7.11. The molecule has 4 rings (SSSR count). The van der Waals surface area contributed by atoms with Crippen molar-refractivity contribution in [3.05, 3.63) is 30.1 Å². The number of aliphatic hydroxyl groups excluding tert-OH is 2. The number of cyclic esters (lactones) is 1. The van der Waals surface area contributed by atoms with Crippen LogP contribution in [-0.2, 0) is 44.4 Å². The summed E-state index contributed by atoms with van der Waals surface area (Å²) in [5, 5.41) is 50.8. The number of nitrogens with zero attached hydrogens (tertiary/aromatic N) is 3. The van der Waals surface area contributed by atoms with E-state index in [9.17, 15) is 30.0 Å². The number of ether oxygens (including phenoxy) is 7. The number of aromatic nitrogens is 1. The summed E-state index contributed by atoms with van der Waals surface area (Å²) >= 11 is 0. The minimum Gasteiger partial charge on any atom is -0.459 e. The predicted octanol–water partition coefficient (Wildman–Crippen LogP) is 3.27. The highest BCUT2D eigenvalue weighted by Crippen LogP contribution is 2.40. The standard InChI is InChI=1S/C46H80N4O13/c1-15-34-46(10,56)40(63-43(54)48-20-18-32-17-16-19-47-24-32)30(6)50(13)25-26(2)22-44(8,55)39(62-42-36(51)33(49(11)12)21-27(3)58-42)28(4)37(29(5)41(53)60-34)61-35-23-45(9,57-14)38(52)31(7)59-35/h16-17,19,24,26-31,33-40,42,51-52,55-56H,15,18,20-23,25H2,1-14H3,(H,48,54)/t26-,27-,28+,29-,30+,31+,33+,34+,35+,36-,37+,38+,39-,40-,42+,44-,45-,46-/m1/s1. The Labute approximate surface area is 375 Å². The third kappa shape index (κ3) is 13.1. The number of carbonyl (C=O) groups is 2. The monoisotopic (exact) mass is 897 g/mol. The maximum atomic E-state index is 14.7. The first-order valence-corrected chi connectivity index (χ1v) is 22.7. The Morgan fingerprint density at radius 1 is 1.03 bits per heavy atom. The van der Waals surface area contributed by atoms with E-state index in [0.29, 0.717) is 19.4 Å². The van der Waals surface area contributed by atoms with Crippen LogP contribution >= 0.6 is 0 Å². The Bertz CT molecular complexity index is 1590. The molecule has 0 radical (unpaired) electrons. The molecule has 3 aliphatic rings. The number of amides is 1. The predicted molar refractivity (Wildman–Crippen MR) is 234 cm³/mol. The molecule has 362 valence electrons. The molecule has 5 N–H and O–H groups in total. The molecule has 1 aromatic heterocycles. The lowest BCUT2D eigenvalue weighted by atomic mass is 9.77. The molecule has 17 heteroatoms. The molecule has 3 aliphatic heterocycles. The number of rotatable bonds is 11. The fraction of sp³-hybridized carbons (Fsp3) is 0.848. The van der Waals surface area contributed by atoms with E-state index in [1.165, 1.54) is 14.0 Å². The maximum absolute atomic E-state index is 14.7. The number of hydrogen-bond acceptors (Lipinski definition) is 16. The van der Waals surface area contributed by atoms with Gasteiger partial charge in [-0.3, -0.25) is 14.7 Å². The van der Waals surface area contributed by atoms with E-state index in [0.717, 1.165) is 5.56 Å². The second-order valence-electron chi connectivity index (χ2n) is 19.6. The summed E-state index contributed by atoms with van der Waals surface area (Å²) in [6, 6.07) is 2.81. The number of nitrogens with one attached hydrogen (secondary N) is 1. The summed E-state index contributed by atoms with van der Waals surface area (Å²) in [6.45, 7) is 18.3. The molecule has 0 aromatic carbocycles. The van der Waals surface area contributed by atoms with Crippen LogP contribution in [0.15, 0.2) is 24.5 Å². The van der Waals surface area contributed by atoms with Crippen molar-refractivity contribution in [3.8, 4) is 0 Å². The zero-order valence-corrected chi connectivity index (χ0v) is 40.2. The summed E-state index contributed by atoms with van der Waals surface area (Å²) in [5.41, 5.74) is -3.64. The number of pyridine rings is 1. The van der Waals surface area contributed by atoms with E-state index in [1.54, 1.807) is 47.0 Å². The van der Waals surface area contributed by atoms with Gasteiger partial charge in [0.05, 0.1) is 41.5 Å². The van der Waals surface area contributed by atoms with E-state index in [-0.39, 0.29) is 43.9 Å². The van der Waals surface area contributed by atoms with Gasteiger partial charge in [0.2, 0.25) is 0 Å². The largest absolute Gasteiger partial charge is 0.459 e. The average molecular weight is 897 g/mol. The Morgan fingerprint density at radius 2 is 1.71 bits per heavy atom. The normalized spacial score (nSPS) is 42.8. The Balaban J connectivity index is 1.78. The molecular weight excluding hydrogens is 817 g/mol. The molecule has 3 saturated heterocycles. The van der Waals surface area contributed by atoms with Crippen LogP contribution in [0.2, 0.25) is 0 Å². The van der Waals surface area contributed by atoms with Crippen LogP contribution in [0.5, 0.6) is 0 Å². The van der Waals surface area contributed by atoms with Crippen LogP contribution in [0.4, 0.5) is 4.79 Å². The van der Waals surface area contributed by atoms with E-state index in [1.807, 2.05) is 70.8 Å². The number of methoxy groups -OCH3 is 1. The van der Waals surface area contributed by atoms with E-state index in [2.05, 4.69) is 10.3 Å². The molecule has 1 amide bonds. The minimum absolute atomic E-state index is 0.102. The number of likely N-dealkylation sites (N-methyl/N-ethyl adjacent to an activating group) is 2. The van der Waals surface area contributed by atoms with Crippen molar-refractivity contribution in [2.75, 3.05) is 41.3 Å². The van der Waals surface area contributed by atoms with Gasteiger partial charge in [0, 0.05) is 57.0 Å². The molecule has 4 heterocycles. The smallest absolute Gasteiger partial charge is 0.407 e. The SMILES string of the molecule is CC[C@@H]1OC(=O)[C@H](C)[C@@H](O[C@H]2C[C@@](C)(OC)[C@@H](O)[C@H](C)O2)[C@H](C)[C@@H](O[C@@H]2O[C@H](C)C[C@H](N(C)C)[C@H]2O)[C@](C)(O)C[C@@H](C)CN(C)[C@@H](C)[C@@H](OC(=O)NCCc2cccnc2)[C@]1(C)O. The van der Waals surface area contributed by atoms with E-state index < -0.39 is 102 Å². The quantitative estimate of drug-likeness (QED) is 0.202. The molecule has 18 atom stereocenters. The van der Waals surface area contributed by atoms with Crippen molar-refractivity contribution in [1.82, 2.24) is 20.1 Å². The fourth-order valence-electron chi connectivity index (χ4n) is 9.95. The lowest BCUT2D eigenvalue weighted by molar-refractivity contribution is -0.318. The van der Waals surface area contributed by atoms with Gasteiger partial charge in [0.15, 0.2) is 18.7 Å². The molecule has 0 unspecified atom stereocenters. The maximum Gasteiger partial charge on any atom is 0.407 e. The van der Waals surface area contributed by atoms with Crippen LogP contribution in [0.1, 0.15) is 100 Å². The zero-order valence-electron chi connectivity index (χ0n) is 40.2. The van der Waals surface area contributed by atoms with Gasteiger partial charge in [0.1, 0.15) is 23.9 Å². The average Bonchev–Trinajstić information content (AvgIpc) is 3.21. The highest BCUT2D eigenvalue weighted by Gasteiger charge is 2.53. The first kappa shape index (κ1) is 53.1. The molecule has 17 nitrogen and oxygen atoms in total. The van der Waals surface area contributed by atoms with Gasteiger partial charge in [-0.05, 0) is 113 Å². The minimum atomic E-state index is -1.90. The Morgan fingerprint density at radius 3 is 2.32 bits per heavy atom. The third-order valence-electron chi connectivity index (χ3n) is 13.8. The van der Waals surface area contributed by atoms with Crippen LogP contribution in [0, 0.1) is 17.8 Å². The van der Waals surface area contributed by atoms with Crippen molar-refractivity contribution in [1.29, 1.82) is 0 Å². The highest BCUT2D eigenvalue weighted by molar-refractivity contribution is 5.73. The molecule has 1 aromatic rings. The second kappa shape index (κ2) is 22.3. The number of carbonyl (C=O) groups excluding carboxylic acids is 2. The van der Waals surface area contributed by atoms with Gasteiger partial charge in [-0.15, -0.1) is 0 Å². The molecule has 0 saturated carbocycles. The topological polar surface area (TPSA) is 211 Å². The molecule has 63 heavy (non-hydrogen) atoms. The molecule has 0 spiro atoms. The summed E-state index contributed by atoms with van der Waals surface area (Å²) in [4.78, 5) is 36.1. The van der Waals surface area contributed by atoms with Crippen LogP contribution in [-0.4, -0.2) is 179 Å². The third-order valence-corrected chi connectivity index (χ3v) is 13.8. The van der Waals surface area contributed by atoms with Gasteiger partial charge in [-0.25, -0.2) is 4.79 Å². The first-order valence-electron chi connectivity index (χ1n) is 22.7. The summed E-state index contributed by atoms with van der Waals surface area (Å²) in [6.07, 6.45) is -5.53. The first-order chi connectivity index (χ1) is 29.4. The van der Waals surface area contributed by atoms with E-state index in [4.69, 9.17) is 33.2 Å². The van der Waals surface area contributed by atoms with E-state index >= 15 is 0 Å². The number of esters is 1. The fourth-order valence-corrected chi connectivity index (χ4v) is 9.95. The number of hydrogen-bond donors (Lipinski definition) is 5. The summed E-state index contributed by atoms with van der Waals surface area (Å²) < 4.78 is 44.2. The number of alkyl carbamates (subject to hydrolysis) is 1. The van der Waals surface area contributed by atoms with Crippen molar-refractivity contribution in [2.24, 2.45) is 17.8 Å². The zero-order chi connectivity index (χ0) is 47.2. The lowest BCUT2D eigenvalue weighted by Crippen LogP contribution is -2.61. The van der Waals surface area contributed by atoms with Gasteiger partial charge < -0.3 is 63.8 Å². The molecule has 0 bridgehead atoms. The van der Waals surface area contributed by atoms with Gasteiger partial charge in [-0.1, -0.05) is 26.8 Å². The number of aliphatic hydroxyl groups is 4. The second-order valence-corrected chi connectivity index (χ2v) is 19.6. The molecular formula is C46H80N4O13. The van der Waals surface area contributed by atoms with Crippen LogP contribution in [0.3, 0.4) is 0 Å². The van der Waals surface area contributed by atoms with Crippen molar-refractivity contribution in [2.45, 2.75) is 192 Å².